The number of carbonyl (C=O) groups excluding carboxylic acids is 1. The second-order valence-corrected chi connectivity index (χ2v) is 7.97. The van der Waals surface area contributed by atoms with E-state index in [1.165, 1.54) is 6.33 Å². The Kier molecular flexibility index (Phi) is 5.90. The smallest absolute Gasteiger partial charge is 0.245 e. The number of aryl methyl sites for hydroxylation is 3. The first-order valence-corrected chi connectivity index (χ1v) is 10.6. The van der Waals surface area contributed by atoms with Crippen LogP contribution in [0, 0.1) is 13.8 Å². The van der Waals surface area contributed by atoms with Gasteiger partial charge in [0, 0.05) is 12.6 Å². The van der Waals surface area contributed by atoms with E-state index in [-0.39, 0.29) is 18.4 Å². The van der Waals surface area contributed by atoms with Crippen LogP contribution in [0.5, 0.6) is 0 Å². The summed E-state index contributed by atoms with van der Waals surface area (Å²) in [4.78, 5) is 25.5. The van der Waals surface area contributed by atoms with Gasteiger partial charge in [-0.1, -0.05) is 29.3 Å². The van der Waals surface area contributed by atoms with Gasteiger partial charge in [-0.2, -0.15) is 15.1 Å². The molecule has 0 aliphatic heterocycles. The van der Waals surface area contributed by atoms with Gasteiger partial charge in [0.25, 0.3) is 0 Å². The van der Waals surface area contributed by atoms with Crippen molar-refractivity contribution in [2.24, 2.45) is 0 Å². The zero-order valence-corrected chi connectivity index (χ0v) is 19.2. The number of aromatic nitrogens is 6. The van der Waals surface area contributed by atoms with E-state index in [2.05, 4.69) is 30.7 Å². The Morgan fingerprint density at radius 3 is 2.75 bits per heavy atom. The van der Waals surface area contributed by atoms with Crippen molar-refractivity contribution in [1.29, 1.82) is 0 Å². The number of fused-ring (bicyclic) bond motifs is 1. The van der Waals surface area contributed by atoms with Crippen LogP contribution in [0.4, 0.5) is 23.3 Å². The first kappa shape index (κ1) is 21.8. The number of hydrogen-bond acceptors (Lipinski definition) is 7. The van der Waals surface area contributed by atoms with Crippen LogP contribution in [0.15, 0.2) is 24.5 Å². The lowest BCUT2D eigenvalue weighted by atomic mass is 10.2. The van der Waals surface area contributed by atoms with Crippen molar-refractivity contribution in [3.8, 4) is 0 Å². The van der Waals surface area contributed by atoms with Crippen molar-refractivity contribution in [3.63, 3.8) is 0 Å². The molecule has 3 aromatic heterocycles. The molecule has 0 unspecified atom stereocenters. The predicted octanol–water partition coefficient (Wildman–Crippen LogP) is 3.93. The van der Waals surface area contributed by atoms with E-state index in [9.17, 15) is 4.79 Å². The maximum atomic E-state index is 12.7. The number of rotatable bonds is 6. The minimum Gasteiger partial charge on any atom is -0.368 e. The number of amides is 1. The van der Waals surface area contributed by atoms with Gasteiger partial charge in [0.2, 0.25) is 11.9 Å². The van der Waals surface area contributed by atoms with Gasteiger partial charge in [0.05, 0.1) is 27.8 Å². The van der Waals surface area contributed by atoms with E-state index in [1.54, 1.807) is 15.3 Å². The van der Waals surface area contributed by atoms with Crippen LogP contribution in [0.1, 0.15) is 18.2 Å². The molecule has 4 rings (SSSR count). The Balaban J connectivity index is 1.64. The van der Waals surface area contributed by atoms with Crippen molar-refractivity contribution in [2.45, 2.75) is 33.9 Å². The molecule has 1 amide bonds. The summed E-state index contributed by atoms with van der Waals surface area (Å²) in [6, 6.07) is 5.36. The minimum absolute atomic E-state index is 0.0155. The average Bonchev–Trinajstić information content (AvgIpc) is 3.30. The molecule has 0 radical (unpaired) electrons. The van der Waals surface area contributed by atoms with Gasteiger partial charge in [0.1, 0.15) is 12.4 Å². The fraction of sp³-hybridized carbons (Fsp3) is 0.250. The highest BCUT2D eigenvalue weighted by atomic mass is 35.5. The van der Waals surface area contributed by atoms with Crippen molar-refractivity contribution in [1.82, 2.24) is 29.3 Å². The lowest BCUT2D eigenvalue weighted by molar-refractivity contribution is -0.116. The van der Waals surface area contributed by atoms with Gasteiger partial charge in [-0.05, 0) is 32.4 Å². The Hall–Kier alpha value is -3.37. The molecule has 0 bridgehead atoms. The zero-order chi connectivity index (χ0) is 23.0. The molecule has 10 nitrogen and oxygen atoms in total. The Morgan fingerprint density at radius 2 is 2.00 bits per heavy atom. The number of halogens is 2. The quantitative estimate of drug-likeness (QED) is 0.386. The molecule has 4 N–H and O–H groups in total. The van der Waals surface area contributed by atoms with Crippen LogP contribution >= 0.6 is 23.2 Å². The normalized spacial score (nSPS) is 11.2. The molecule has 0 atom stereocenters. The highest BCUT2D eigenvalue weighted by molar-refractivity contribution is 6.39. The van der Waals surface area contributed by atoms with E-state index in [0.29, 0.717) is 45.1 Å². The summed E-state index contributed by atoms with van der Waals surface area (Å²) in [6.07, 6.45) is 1.51. The van der Waals surface area contributed by atoms with Crippen LogP contribution in [0.25, 0.3) is 11.2 Å². The predicted molar refractivity (Wildman–Crippen MR) is 125 cm³/mol. The van der Waals surface area contributed by atoms with Gasteiger partial charge in [-0.15, -0.1) is 0 Å². The molecule has 3 heterocycles. The molecule has 4 aromatic rings. The summed E-state index contributed by atoms with van der Waals surface area (Å²) in [5.41, 5.74) is 8.91. The van der Waals surface area contributed by atoms with E-state index in [0.717, 1.165) is 11.3 Å². The average molecular weight is 474 g/mol. The molecule has 0 saturated heterocycles. The van der Waals surface area contributed by atoms with Gasteiger partial charge >= 0.3 is 0 Å². The van der Waals surface area contributed by atoms with E-state index < -0.39 is 0 Å². The van der Waals surface area contributed by atoms with Crippen molar-refractivity contribution in [2.75, 3.05) is 16.4 Å². The van der Waals surface area contributed by atoms with Crippen molar-refractivity contribution < 1.29 is 4.79 Å². The minimum atomic E-state index is -0.254. The number of nitrogens with zero attached hydrogens (tertiary/aromatic N) is 6. The molecular weight excluding hydrogens is 453 g/mol. The number of nitrogens with one attached hydrogen (secondary N) is 2. The van der Waals surface area contributed by atoms with E-state index in [4.69, 9.17) is 28.9 Å². The Labute approximate surface area is 193 Å². The number of anilines is 4. The Bertz CT molecular complexity index is 1330. The summed E-state index contributed by atoms with van der Waals surface area (Å²) in [6.45, 7) is 6.30. The van der Waals surface area contributed by atoms with E-state index in [1.807, 2.05) is 32.9 Å². The third-order valence-electron chi connectivity index (χ3n) is 4.79. The lowest BCUT2D eigenvalue weighted by Gasteiger charge is -2.12. The molecule has 0 aliphatic rings. The second kappa shape index (κ2) is 8.64. The number of nitrogens with two attached hydrogens (primary N) is 1. The molecule has 0 spiro atoms. The fourth-order valence-electron chi connectivity index (χ4n) is 3.28. The highest BCUT2D eigenvalue weighted by Gasteiger charge is 2.18. The highest BCUT2D eigenvalue weighted by Crippen LogP contribution is 2.36. The number of nitrogen functional groups attached to an aromatic ring is 1. The number of imidazole rings is 1. The second-order valence-electron chi connectivity index (χ2n) is 7.19. The van der Waals surface area contributed by atoms with Crippen molar-refractivity contribution >= 4 is 63.5 Å². The van der Waals surface area contributed by atoms with Crippen LogP contribution in [-0.4, -0.2) is 35.2 Å². The van der Waals surface area contributed by atoms with Crippen LogP contribution in [0.2, 0.25) is 10.0 Å². The third-order valence-corrected chi connectivity index (χ3v) is 5.59. The van der Waals surface area contributed by atoms with Crippen LogP contribution in [-0.2, 0) is 17.9 Å². The SMILES string of the molecule is CCn1nc(C)cc1NC(=O)Cn1cnc2c(Nc3c(Cl)ccc(C)c3Cl)nc(N)nc21. The van der Waals surface area contributed by atoms with E-state index >= 15 is 0 Å². The number of benzene rings is 1. The van der Waals surface area contributed by atoms with Crippen LogP contribution < -0.4 is 16.4 Å². The summed E-state index contributed by atoms with van der Waals surface area (Å²) >= 11 is 12.7. The van der Waals surface area contributed by atoms with Gasteiger partial charge in [-0.3, -0.25) is 4.79 Å². The van der Waals surface area contributed by atoms with Gasteiger partial charge in [0.15, 0.2) is 17.0 Å². The van der Waals surface area contributed by atoms with Gasteiger partial charge in [-0.25, -0.2) is 9.67 Å². The molecule has 0 saturated carbocycles. The maximum absolute atomic E-state index is 12.7. The molecule has 32 heavy (non-hydrogen) atoms. The standard InChI is InChI=1S/C20H21Cl2N9O/c1-4-31-13(7-11(3)29-31)25-14(32)8-30-9-24-17-18(27-20(23)28-19(17)30)26-16-12(21)6-5-10(2)15(16)22/h5-7,9H,4,8H2,1-3H3,(H,25,32)(H3,23,26,27,28). The maximum Gasteiger partial charge on any atom is 0.245 e. The van der Waals surface area contributed by atoms with Gasteiger partial charge < -0.3 is 20.9 Å². The first-order valence-electron chi connectivity index (χ1n) is 9.81. The summed E-state index contributed by atoms with van der Waals surface area (Å²) in [7, 11) is 0. The molecule has 12 heteroatoms. The monoisotopic (exact) mass is 473 g/mol. The largest absolute Gasteiger partial charge is 0.368 e. The first-order chi connectivity index (χ1) is 15.3. The molecule has 166 valence electrons. The molecule has 0 aliphatic carbocycles. The fourth-order valence-corrected chi connectivity index (χ4v) is 3.74. The topological polar surface area (TPSA) is 129 Å². The third kappa shape index (κ3) is 4.19. The Morgan fingerprint density at radius 1 is 1.22 bits per heavy atom. The molecule has 1 aromatic carbocycles. The summed E-state index contributed by atoms with van der Waals surface area (Å²) in [5, 5.41) is 11.2. The zero-order valence-electron chi connectivity index (χ0n) is 17.6. The number of carbonyl (C=O) groups is 1. The lowest BCUT2D eigenvalue weighted by Crippen LogP contribution is -2.20. The summed E-state index contributed by atoms with van der Waals surface area (Å²) in [5.74, 6) is 0.720. The number of hydrogen-bond donors (Lipinski definition) is 3. The summed E-state index contributed by atoms with van der Waals surface area (Å²) < 4.78 is 3.31. The van der Waals surface area contributed by atoms with Crippen LogP contribution in [0.3, 0.4) is 0 Å². The van der Waals surface area contributed by atoms with Crippen molar-refractivity contribution in [3.05, 3.63) is 45.8 Å². The molecule has 0 fully saturated rings. The molecular formula is C20H21Cl2N9O.